The summed E-state index contributed by atoms with van der Waals surface area (Å²) in [7, 11) is 1.63. The number of fused-ring (bicyclic) bond motifs is 2. The van der Waals surface area contributed by atoms with Gasteiger partial charge in [-0.25, -0.2) is 0 Å². The Balaban J connectivity index is 1.44. The highest BCUT2D eigenvalue weighted by atomic mass is 35.5. The molecule has 3 atom stereocenters. The zero-order valence-electron chi connectivity index (χ0n) is 19.8. The second-order valence-electron chi connectivity index (χ2n) is 8.91. The number of carbonyl (C=O) groups excluding carboxylic acids is 3. The summed E-state index contributed by atoms with van der Waals surface area (Å²) in [6, 6.07) is 10.9. The first-order chi connectivity index (χ1) is 17.5. The third-order valence-electron chi connectivity index (χ3n) is 6.29. The van der Waals surface area contributed by atoms with E-state index in [9.17, 15) is 27.6 Å². The van der Waals surface area contributed by atoms with Gasteiger partial charge < -0.3 is 25.0 Å². The summed E-state index contributed by atoms with van der Waals surface area (Å²) in [6.07, 6.45) is -5.01. The standard InChI is InChI=1S/C25H25ClF3N3O5/c1-32-19-8-7-15(11-22(33)30-13-25(27,28)29)37-21(19)12-36-20-9-6-14(10-17(20)24(32)35)31-23(34)16-4-2-3-5-18(16)26/h2-6,9-10,15,19,21H,7-8,11-13H2,1H3,(H,30,33)(H,31,34)/t15-,19+,21-/m0/s1. The Hall–Kier alpha value is -3.31. The average Bonchev–Trinajstić information content (AvgIpc) is 2.85. The van der Waals surface area contributed by atoms with Gasteiger partial charge in [0.25, 0.3) is 11.8 Å². The summed E-state index contributed by atoms with van der Waals surface area (Å²) < 4.78 is 48.9. The molecule has 0 aromatic heterocycles. The van der Waals surface area contributed by atoms with Crippen molar-refractivity contribution < 1.29 is 37.0 Å². The quantitative estimate of drug-likeness (QED) is 0.598. The van der Waals surface area contributed by atoms with Gasteiger partial charge in [0.2, 0.25) is 5.91 Å². The molecule has 0 unspecified atom stereocenters. The average molecular weight is 540 g/mol. The second kappa shape index (κ2) is 11.0. The van der Waals surface area contributed by atoms with Crippen molar-refractivity contribution in [1.82, 2.24) is 10.2 Å². The minimum absolute atomic E-state index is 0.0707. The lowest BCUT2D eigenvalue weighted by atomic mass is 9.94. The van der Waals surface area contributed by atoms with Crippen LogP contribution in [0.2, 0.25) is 5.02 Å². The molecular formula is C25H25ClF3N3O5. The van der Waals surface area contributed by atoms with Crippen molar-refractivity contribution in [2.45, 2.75) is 43.7 Å². The third kappa shape index (κ3) is 6.53. The molecule has 1 saturated heterocycles. The summed E-state index contributed by atoms with van der Waals surface area (Å²) in [6.45, 7) is -1.33. The summed E-state index contributed by atoms with van der Waals surface area (Å²) in [5, 5.41) is 4.88. The number of benzene rings is 2. The van der Waals surface area contributed by atoms with Gasteiger partial charge in [-0.05, 0) is 43.2 Å². The molecule has 2 aliphatic rings. The SMILES string of the molecule is CN1C(=O)c2cc(NC(=O)c3ccccc3Cl)ccc2OC[C@@H]2O[C@H](CC(=O)NCC(F)(F)F)CC[C@H]21. The Morgan fingerprint density at radius 2 is 1.92 bits per heavy atom. The normalized spacial score (nSPS) is 21.6. The molecule has 3 amide bonds. The van der Waals surface area contributed by atoms with Crippen LogP contribution >= 0.6 is 11.6 Å². The smallest absolute Gasteiger partial charge is 0.405 e. The van der Waals surface area contributed by atoms with E-state index in [1.54, 1.807) is 43.4 Å². The van der Waals surface area contributed by atoms with Gasteiger partial charge in [0.1, 0.15) is 25.0 Å². The largest absolute Gasteiger partial charge is 0.490 e. The molecule has 198 valence electrons. The van der Waals surface area contributed by atoms with Gasteiger partial charge in [-0.1, -0.05) is 23.7 Å². The third-order valence-corrected chi connectivity index (χ3v) is 6.62. The summed E-state index contributed by atoms with van der Waals surface area (Å²) in [5.74, 6) is -1.24. The van der Waals surface area contributed by atoms with Gasteiger partial charge in [-0.15, -0.1) is 0 Å². The predicted molar refractivity (Wildman–Crippen MR) is 129 cm³/mol. The van der Waals surface area contributed by atoms with E-state index in [0.717, 1.165) is 0 Å². The highest BCUT2D eigenvalue weighted by Gasteiger charge is 2.39. The second-order valence-corrected chi connectivity index (χ2v) is 9.32. The van der Waals surface area contributed by atoms with Crippen molar-refractivity contribution in [2.75, 3.05) is 25.5 Å². The molecule has 2 heterocycles. The maximum absolute atomic E-state index is 13.3. The molecule has 37 heavy (non-hydrogen) atoms. The van der Waals surface area contributed by atoms with Gasteiger partial charge in [0.15, 0.2) is 0 Å². The number of anilines is 1. The highest BCUT2D eigenvalue weighted by molar-refractivity contribution is 6.34. The van der Waals surface area contributed by atoms with E-state index in [2.05, 4.69) is 5.32 Å². The van der Waals surface area contributed by atoms with Crippen molar-refractivity contribution in [3.05, 3.63) is 58.6 Å². The van der Waals surface area contributed by atoms with Crippen LogP contribution in [-0.4, -0.2) is 67.2 Å². The fraction of sp³-hybridized carbons (Fsp3) is 0.400. The molecule has 0 radical (unpaired) electrons. The molecule has 8 nitrogen and oxygen atoms in total. The molecular weight excluding hydrogens is 515 g/mol. The molecule has 0 spiro atoms. The fourth-order valence-electron chi connectivity index (χ4n) is 4.43. The van der Waals surface area contributed by atoms with Crippen molar-refractivity contribution >= 4 is 35.0 Å². The van der Waals surface area contributed by atoms with E-state index in [1.165, 1.54) is 11.0 Å². The Morgan fingerprint density at radius 3 is 2.65 bits per heavy atom. The highest BCUT2D eigenvalue weighted by Crippen LogP contribution is 2.33. The zero-order chi connectivity index (χ0) is 26.7. The topological polar surface area (TPSA) is 97.0 Å². The van der Waals surface area contributed by atoms with Gasteiger partial charge in [-0.2, -0.15) is 13.2 Å². The van der Waals surface area contributed by atoms with Crippen molar-refractivity contribution in [1.29, 1.82) is 0 Å². The van der Waals surface area contributed by atoms with Crippen LogP contribution in [0.1, 0.15) is 40.0 Å². The van der Waals surface area contributed by atoms with Crippen LogP contribution in [0.4, 0.5) is 18.9 Å². The van der Waals surface area contributed by atoms with E-state index in [4.69, 9.17) is 21.1 Å². The van der Waals surface area contributed by atoms with Crippen LogP contribution in [0.15, 0.2) is 42.5 Å². The summed E-state index contributed by atoms with van der Waals surface area (Å²) >= 11 is 6.10. The van der Waals surface area contributed by atoms with E-state index in [1.807, 2.05) is 5.32 Å². The number of hydrogen-bond acceptors (Lipinski definition) is 5. The van der Waals surface area contributed by atoms with E-state index in [0.29, 0.717) is 34.9 Å². The number of ether oxygens (including phenoxy) is 2. The molecule has 2 aromatic carbocycles. The first kappa shape index (κ1) is 26.7. The lowest BCUT2D eigenvalue weighted by Crippen LogP contribution is -2.54. The summed E-state index contributed by atoms with van der Waals surface area (Å²) in [4.78, 5) is 39.4. The maximum atomic E-state index is 13.3. The lowest BCUT2D eigenvalue weighted by Gasteiger charge is -2.42. The minimum atomic E-state index is -4.49. The molecule has 0 aliphatic carbocycles. The Morgan fingerprint density at radius 1 is 1.16 bits per heavy atom. The van der Waals surface area contributed by atoms with Crippen molar-refractivity contribution in [3.8, 4) is 5.75 Å². The monoisotopic (exact) mass is 539 g/mol. The minimum Gasteiger partial charge on any atom is -0.490 e. The molecule has 0 bridgehead atoms. The van der Waals surface area contributed by atoms with Gasteiger partial charge in [-0.3, -0.25) is 14.4 Å². The number of likely N-dealkylation sites (N-methyl/N-ethyl adjacent to an activating group) is 1. The van der Waals surface area contributed by atoms with Crippen LogP contribution in [-0.2, 0) is 9.53 Å². The first-order valence-electron chi connectivity index (χ1n) is 11.6. The number of carbonyl (C=O) groups is 3. The van der Waals surface area contributed by atoms with E-state index >= 15 is 0 Å². The Kier molecular flexibility index (Phi) is 7.93. The zero-order valence-corrected chi connectivity index (χ0v) is 20.6. The number of nitrogens with zero attached hydrogens (tertiary/aromatic N) is 1. The van der Waals surface area contributed by atoms with Crippen LogP contribution in [0.25, 0.3) is 0 Å². The van der Waals surface area contributed by atoms with Crippen LogP contribution in [0.5, 0.6) is 5.75 Å². The predicted octanol–water partition coefficient (Wildman–Crippen LogP) is 4.04. The molecule has 2 aromatic rings. The number of halogens is 4. The van der Waals surface area contributed by atoms with Crippen molar-refractivity contribution in [2.24, 2.45) is 0 Å². The molecule has 2 N–H and O–H groups in total. The molecule has 2 aliphatic heterocycles. The first-order valence-corrected chi connectivity index (χ1v) is 12.0. The van der Waals surface area contributed by atoms with Gasteiger partial charge in [0, 0.05) is 12.7 Å². The number of amides is 3. The number of alkyl halides is 3. The number of nitrogens with one attached hydrogen (secondary N) is 2. The molecule has 4 rings (SSSR count). The summed E-state index contributed by atoms with van der Waals surface area (Å²) in [5.41, 5.74) is 0.932. The van der Waals surface area contributed by atoms with Crippen LogP contribution < -0.4 is 15.4 Å². The number of rotatable bonds is 5. The van der Waals surface area contributed by atoms with Crippen molar-refractivity contribution in [3.63, 3.8) is 0 Å². The van der Waals surface area contributed by atoms with Crippen LogP contribution in [0.3, 0.4) is 0 Å². The molecule has 1 fully saturated rings. The Labute approximate surface area is 216 Å². The van der Waals surface area contributed by atoms with E-state index < -0.39 is 36.7 Å². The maximum Gasteiger partial charge on any atom is 0.405 e. The lowest BCUT2D eigenvalue weighted by molar-refractivity contribution is -0.144. The van der Waals surface area contributed by atoms with E-state index in [-0.39, 0.29) is 30.5 Å². The van der Waals surface area contributed by atoms with Crippen LogP contribution in [0, 0.1) is 0 Å². The fourth-order valence-corrected chi connectivity index (χ4v) is 4.65. The molecule has 0 saturated carbocycles. The van der Waals surface area contributed by atoms with Gasteiger partial charge in [0.05, 0.1) is 34.7 Å². The number of hydrogen-bond donors (Lipinski definition) is 2. The molecule has 12 heteroatoms. The van der Waals surface area contributed by atoms with Gasteiger partial charge >= 0.3 is 6.18 Å². The Bertz CT molecular complexity index is 1190.